The van der Waals surface area contributed by atoms with Crippen LogP contribution in [0, 0.1) is 11.6 Å². The number of fused-ring (bicyclic) bond motifs is 1. The van der Waals surface area contributed by atoms with Gasteiger partial charge in [0, 0.05) is 27.7 Å². The fraction of sp³-hybridized carbons (Fsp3) is 0. The zero-order chi connectivity index (χ0) is 16.8. The van der Waals surface area contributed by atoms with Crippen LogP contribution >= 0.6 is 23.2 Å². The van der Waals surface area contributed by atoms with E-state index in [-0.39, 0.29) is 31.5 Å². The maximum Gasteiger partial charge on any atom is 0.262 e. The molecule has 0 aliphatic carbocycles. The van der Waals surface area contributed by atoms with E-state index >= 15 is 0 Å². The molecule has 0 saturated carbocycles. The molecule has 0 bridgehead atoms. The summed E-state index contributed by atoms with van der Waals surface area (Å²) >= 11 is 11.6. The van der Waals surface area contributed by atoms with Gasteiger partial charge < -0.3 is 4.98 Å². The minimum atomic E-state index is -4.00. The van der Waals surface area contributed by atoms with Crippen molar-refractivity contribution in [2.75, 3.05) is 4.72 Å². The Morgan fingerprint density at radius 1 is 0.957 bits per heavy atom. The van der Waals surface area contributed by atoms with Gasteiger partial charge in [0.1, 0.15) is 0 Å². The Hall–Kier alpha value is -1.83. The van der Waals surface area contributed by atoms with Crippen LogP contribution < -0.4 is 4.72 Å². The van der Waals surface area contributed by atoms with Crippen molar-refractivity contribution in [2.24, 2.45) is 0 Å². The van der Waals surface area contributed by atoms with Gasteiger partial charge in [-0.1, -0.05) is 23.2 Å². The minimum absolute atomic E-state index is 0.0787. The van der Waals surface area contributed by atoms with Gasteiger partial charge in [0.25, 0.3) is 10.0 Å². The lowest BCUT2D eigenvalue weighted by molar-refractivity contribution is 0.511. The van der Waals surface area contributed by atoms with Crippen LogP contribution in [0.15, 0.2) is 41.4 Å². The Kier molecular flexibility index (Phi) is 3.95. The Morgan fingerprint density at radius 2 is 1.57 bits per heavy atom. The van der Waals surface area contributed by atoms with Gasteiger partial charge >= 0.3 is 0 Å². The highest BCUT2D eigenvalue weighted by atomic mass is 35.5. The molecule has 1 heterocycles. The second-order valence-corrected chi connectivity index (χ2v) is 7.28. The third-order valence-electron chi connectivity index (χ3n) is 3.11. The molecule has 9 heteroatoms. The van der Waals surface area contributed by atoms with Crippen molar-refractivity contribution in [3.8, 4) is 0 Å². The first-order valence-corrected chi connectivity index (χ1v) is 8.45. The highest BCUT2D eigenvalue weighted by Gasteiger charge is 2.18. The van der Waals surface area contributed by atoms with Gasteiger partial charge in [0.05, 0.1) is 16.1 Å². The molecule has 0 aliphatic rings. The lowest BCUT2D eigenvalue weighted by Gasteiger charge is -2.08. The number of hydrogen-bond acceptors (Lipinski definition) is 2. The third-order valence-corrected chi connectivity index (χ3v) is 4.89. The largest absolute Gasteiger partial charge is 0.359 e. The van der Waals surface area contributed by atoms with Gasteiger partial charge in [-0.3, -0.25) is 4.72 Å². The average molecular weight is 377 g/mol. The standard InChI is InChI=1S/C14H8Cl2F2N2O2S/c15-7-1-8(16)3-9(2-7)23(21,22)20-14-6-19-13-5-12(18)11(17)4-10(13)14/h1-6,19-20H. The molecule has 0 radical (unpaired) electrons. The molecule has 0 atom stereocenters. The molecule has 0 unspecified atom stereocenters. The van der Waals surface area contributed by atoms with Gasteiger partial charge in [0.2, 0.25) is 0 Å². The van der Waals surface area contributed by atoms with E-state index in [2.05, 4.69) is 9.71 Å². The number of halogens is 4. The van der Waals surface area contributed by atoms with E-state index in [1.807, 2.05) is 0 Å². The first-order valence-electron chi connectivity index (χ1n) is 6.21. The lowest BCUT2D eigenvalue weighted by atomic mass is 10.2. The van der Waals surface area contributed by atoms with Crippen molar-refractivity contribution in [1.82, 2.24) is 4.98 Å². The molecule has 0 aliphatic heterocycles. The van der Waals surface area contributed by atoms with Crippen LogP contribution in [-0.2, 0) is 10.0 Å². The normalized spacial score (nSPS) is 11.8. The van der Waals surface area contributed by atoms with Gasteiger partial charge in [0.15, 0.2) is 11.6 Å². The molecule has 0 saturated heterocycles. The van der Waals surface area contributed by atoms with E-state index in [1.54, 1.807) is 0 Å². The van der Waals surface area contributed by atoms with E-state index in [1.165, 1.54) is 24.4 Å². The molecule has 3 rings (SSSR count). The smallest absolute Gasteiger partial charge is 0.262 e. The second kappa shape index (κ2) is 5.67. The van der Waals surface area contributed by atoms with Gasteiger partial charge in [-0.05, 0) is 24.3 Å². The molecule has 2 aromatic carbocycles. The Balaban J connectivity index is 2.05. The van der Waals surface area contributed by atoms with E-state index in [9.17, 15) is 17.2 Å². The summed E-state index contributed by atoms with van der Waals surface area (Å²) in [4.78, 5) is 2.52. The van der Waals surface area contributed by atoms with Crippen LogP contribution in [0.3, 0.4) is 0 Å². The number of aromatic amines is 1. The molecule has 1 aromatic heterocycles. The zero-order valence-corrected chi connectivity index (χ0v) is 13.5. The highest BCUT2D eigenvalue weighted by molar-refractivity contribution is 7.92. The summed E-state index contributed by atoms with van der Waals surface area (Å²) in [6.45, 7) is 0. The Labute approximate surface area is 140 Å². The molecule has 2 N–H and O–H groups in total. The summed E-state index contributed by atoms with van der Waals surface area (Å²) in [7, 11) is -4.00. The summed E-state index contributed by atoms with van der Waals surface area (Å²) in [5.74, 6) is -2.11. The Bertz CT molecular complexity index is 999. The summed E-state index contributed by atoms with van der Waals surface area (Å²) in [6.07, 6.45) is 1.30. The van der Waals surface area contributed by atoms with Crippen molar-refractivity contribution in [3.05, 3.63) is 58.2 Å². The first kappa shape index (κ1) is 16.0. The number of H-pyrrole nitrogens is 1. The van der Waals surface area contributed by atoms with Crippen molar-refractivity contribution >= 4 is 49.8 Å². The summed E-state index contributed by atoms with van der Waals surface area (Å²) < 4.78 is 53.6. The van der Waals surface area contributed by atoms with Crippen molar-refractivity contribution < 1.29 is 17.2 Å². The van der Waals surface area contributed by atoms with E-state index in [0.717, 1.165) is 12.1 Å². The molecular formula is C14H8Cl2F2N2O2S. The van der Waals surface area contributed by atoms with Crippen LogP contribution in [0.5, 0.6) is 0 Å². The highest BCUT2D eigenvalue weighted by Crippen LogP contribution is 2.29. The maximum absolute atomic E-state index is 13.4. The topological polar surface area (TPSA) is 62.0 Å². The number of nitrogens with one attached hydrogen (secondary N) is 2. The lowest BCUT2D eigenvalue weighted by Crippen LogP contribution is -2.12. The van der Waals surface area contributed by atoms with Gasteiger partial charge in [-0.15, -0.1) is 0 Å². The maximum atomic E-state index is 13.4. The number of rotatable bonds is 3. The van der Waals surface area contributed by atoms with Gasteiger partial charge in [-0.2, -0.15) is 0 Å². The quantitative estimate of drug-likeness (QED) is 0.703. The number of aromatic nitrogens is 1. The molecule has 120 valence electrons. The molecule has 23 heavy (non-hydrogen) atoms. The van der Waals surface area contributed by atoms with E-state index in [0.29, 0.717) is 0 Å². The van der Waals surface area contributed by atoms with Crippen LogP contribution in [0.4, 0.5) is 14.5 Å². The molecule has 0 spiro atoms. The number of benzene rings is 2. The second-order valence-electron chi connectivity index (χ2n) is 4.72. The van der Waals surface area contributed by atoms with Crippen LogP contribution in [0.1, 0.15) is 0 Å². The minimum Gasteiger partial charge on any atom is -0.359 e. The van der Waals surface area contributed by atoms with Crippen molar-refractivity contribution in [3.63, 3.8) is 0 Å². The number of sulfonamides is 1. The monoisotopic (exact) mass is 376 g/mol. The van der Waals surface area contributed by atoms with E-state index < -0.39 is 21.7 Å². The average Bonchev–Trinajstić information content (AvgIpc) is 2.80. The SMILES string of the molecule is O=S(=O)(Nc1c[nH]c2cc(F)c(F)cc12)c1cc(Cl)cc(Cl)c1. The predicted octanol–water partition coefficient (Wildman–Crippen LogP) is 4.55. The number of hydrogen-bond donors (Lipinski definition) is 2. The molecule has 0 fully saturated rings. The van der Waals surface area contributed by atoms with Crippen molar-refractivity contribution in [2.45, 2.75) is 4.90 Å². The van der Waals surface area contributed by atoms with Crippen molar-refractivity contribution in [1.29, 1.82) is 0 Å². The first-order chi connectivity index (χ1) is 10.8. The molecule has 3 aromatic rings. The van der Waals surface area contributed by atoms with Crippen LogP contribution in [0.25, 0.3) is 10.9 Å². The Morgan fingerprint density at radius 3 is 2.22 bits per heavy atom. The summed E-state index contributed by atoms with van der Waals surface area (Å²) in [5.41, 5.74) is 0.334. The predicted molar refractivity (Wildman–Crippen MR) is 85.5 cm³/mol. The molecule has 4 nitrogen and oxygen atoms in total. The fourth-order valence-corrected chi connectivity index (χ4v) is 3.88. The van der Waals surface area contributed by atoms with Crippen LogP contribution in [-0.4, -0.2) is 13.4 Å². The third kappa shape index (κ3) is 3.12. The fourth-order valence-electron chi connectivity index (χ4n) is 2.09. The summed E-state index contributed by atoms with van der Waals surface area (Å²) in [5, 5.41) is 0.510. The zero-order valence-electron chi connectivity index (χ0n) is 11.2. The van der Waals surface area contributed by atoms with Gasteiger partial charge in [-0.25, -0.2) is 17.2 Å². The van der Waals surface area contributed by atoms with Crippen LogP contribution in [0.2, 0.25) is 10.0 Å². The molecular weight excluding hydrogens is 369 g/mol. The summed E-state index contributed by atoms with van der Waals surface area (Å²) in [6, 6.07) is 5.70. The number of anilines is 1. The molecule has 0 amide bonds. The van der Waals surface area contributed by atoms with E-state index in [4.69, 9.17) is 23.2 Å².